The van der Waals surface area contributed by atoms with Crippen molar-refractivity contribution < 1.29 is 38.3 Å². The number of aliphatic hydroxyl groups excluding tert-OH is 1. The number of benzene rings is 1. The van der Waals surface area contributed by atoms with Crippen molar-refractivity contribution in [2.45, 2.75) is 156 Å². The van der Waals surface area contributed by atoms with Crippen LogP contribution >= 0.6 is 0 Å². The van der Waals surface area contributed by atoms with Crippen LogP contribution in [-0.4, -0.2) is 94.3 Å². The molecule has 9 atom stereocenters. The van der Waals surface area contributed by atoms with E-state index >= 15 is 0 Å². The molecule has 2 bridgehead atoms. The van der Waals surface area contributed by atoms with Gasteiger partial charge < -0.3 is 34.7 Å². The van der Waals surface area contributed by atoms with Gasteiger partial charge in [0.05, 0.1) is 24.2 Å². The van der Waals surface area contributed by atoms with E-state index in [0.717, 1.165) is 30.4 Å². The average molecular weight is 737 g/mol. The van der Waals surface area contributed by atoms with Crippen molar-refractivity contribution in [3.05, 3.63) is 35.4 Å². The van der Waals surface area contributed by atoms with Crippen molar-refractivity contribution in [1.29, 1.82) is 0 Å². The lowest BCUT2D eigenvalue weighted by molar-refractivity contribution is -0.199. The third-order valence-corrected chi connectivity index (χ3v) is 12.9. The molecular weight excluding hydrogens is 675 g/mol. The highest BCUT2D eigenvalue weighted by molar-refractivity contribution is 6.48. The lowest BCUT2D eigenvalue weighted by Crippen LogP contribution is -2.65. The molecule has 292 valence electrons. The number of hydrogen-bond acceptors (Lipinski definition) is 8. The first-order valence-corrected chi connectivity index (χ1v) is 19.6. The van der Waals surface area contributed by atoms with Gasteiger partial charge in [0.2, 0.25) is 17.7 Å². The molecule has 6 aliphatic rings. The van der Waals surface area contributed by atoms with Gasteiger partial charge in [0.1, 0.15) is 24.3 Å². The number of ether oxygens (including phenoxy) is 1. The van der Waals surface area contributed by atoms with E-state index in [-0.39, 0.29) is 24.5 Å². The summed E-state index contributed by atoms with van der Waals surface area (Å²) in [6.07, 6.45) is 0.816. The van der Waals surface area contributed by atoms with E-state index in [0.29, 0.717) is 31.3 Å². The second-order valence-electron chi connectivity index (χ2n) is 19.2. The molecule has 12 nitrogen and oxygen atoms in total. The fraction of sp³-hybridized carbons (Fsp3) is 0.750. The Morgan fingerprint density at radius 3 is 2.19 bits per heavy atom. The monoisotopic (exact) mass is 736 g/mol. The van der Waals surface area contributed by atoms with Crippen LogP contribution in [-0.2, 0) is 41.5 Å². The highest BCUT2D eigenvalue weighted by Gasteiger charge is 2.68. The van der Waals surface area contributed by atoms with Crippen LogP contribution in [0.25, 0.3) is 0 Å². The SMILES string of the molecule is CCC[C@H](NC(=O)[C@@H]1C[C@@H](OC(=O)N2Cc3ccccc3C2)CN1C(=O)[C@@H](NC(=O)C(O)C(C)(C)C)C(C)(C)C)B1O[C@@H]2C[C@H]3C[C@H](C3(C)C)[C@]2(C)O1. The maximum Gasteiger partial charge on any atom is 0.481 e. The van der Waals surface area contributed by atoms with Crippen molar-refractivity contribution in [3.63, 3.8) is 0 Å². The van der Waals surface area contributed by atoms with E-state index < -0.39 is 77.6 Å². The Hall–Kier alpha value is -3.16. The van der Waals surface area contributed by atoms with Crippen molar-refractivity contribution in [3.8, 4) is 0 Å². The summed E-state index contributed by atoms with van der Waals surface area (Å²) in [6, 6.07) is 5.78. The van der Waals surface area contributed by atoms with E-state index in [1.807, 2.05) is 52.0 Å². The van der Waals surface area contributed by atoms with Crippen LogP contribution < -0.4 is 10.6 Å². The Morgan fingerprint density at radius 2 is 1.62 bits per heavy atom. The van der Waals surface area contributed by atoms with Gasteiger partial charge in [-0.2, -0.15) is 0 Å². The quantitative estimate of drug-likeness (QED) is 0.312. The van der Waals surface area contributed by atoms with Crippen LogP contribution in [0.2, 0.25) is 0 Å². The molecule has 0 radical (unpaired) electrons. The van der Waals surface area contributed by atoms with Gasteiger partial charge in [-0.25, -0.2) is 4.79 Å². The Balaban J connectivity index is 1.22. The second kappa shape index (κ2) is 14.2. The molecule has 7 rings (SSSR count). The third kappa shape index (κ3) is 7.46. The maximum atomic E-state index is 14.6. The molecule has 53 heavy (non-hydrogen) atoms. The summed E-state index contributed by atoms with van der Waals surface area (Å²) < 4.78 is 19.4. The highest BCUT2D eigenvalue weighted by atomic mass is 16.7. The molecule has 5 fully saturated rings. The fourth-order valence-electron chi connectivity index (χ4n) is 9.42. The van der Waals surface area contributed by atoms with Gasteiger partial charge >= 0.3 is 13.2 Å². The number of hydrogen-bond donors (Lipinski definition) is 3. The minimum Gasteiger partial charge on any atom is -0.444 e. The summed E-state index contributed by atoms with van der Waals surface area (Å²) in [5, 5.41) is 16.8. The van der Waals surface area contributed by atoms with Crippen molar-refractivity contribution in [1.82, 2.24) is 20.4 Å². The van der Waals surface area contributed by atoms with Gasteiger partial charge in [-0.3, -0.25) is 19.3 Å². The number of fused-ring (bicyclic) bond motifs is 1. The normalized spacial score (nSPS) is 30.5. The van der Waals surface area contributed by atoms with Gasteiger partial charge in [-0.05, 0) is 65.4 Å². The van der Waals surface area contributed by atoms with Gasteiger partial charge in [0.15, 0.2) is 0 Å². The summed E-state index contributed by atoms with van der Waals surface area (Å²) in [7, 11) is -0.638. The minimum absolute atomic E-state index is 0.0269. The van der Waals surface area contributed by atoms with Crippen molar-refractivity contribution >= 4 is 30.9 Å². The third-order valence-electron chi connectivity index (χ3n) is 12.9. The minimum atomic E-state index is -1.36. The molecule has 3 heterocycles. The van der Waals surface area contributed by atoms with Gasteiger partial charge in [-0.15, -0.1) is 0 Å². The second-order valence-corrected chi connectivity index (χ2v) is 19.2. The van der Waals surface area contributed by atoms with Gasteiger partial charge in [0.25, 0.3) is 0 Å². The molecule has 3 aliphatic heterocycles. The first kappa shape index (κ1) is 39.5. The number of aliphatic hydroxyl groups is 1. The zero-order chi connectivity index (χ0) is 38.8. The Bertz CT molecular complexity index is 1570. The first-order chi connectivity index (χ1) is 24.6. The van der Waals surface area contributed by atoms with Crippen molar-refractivity contribution in [2.24, 2.45) is 28.1 Å². The molecule has 13 heteroatoms. The first-order valence-electron chi connectivity index (χ1n) is 19.6. The smallest absolute Gasteiger partial charge is 0.444 e. The zero-order valence-corrected chi connectivity index (χ0v) is 33.4. The molecule has 1 aromatic carbocycles. The molecule has 2 saturated heterocycles. The topological polar surface area (TPSA) is 147 Å². The Morgan fingerprint density at radius 1 is 0.981 bits per heavy atom. The number of carbonyl (C=O) groups excluding carboxylic acids is 4. The average Bonchev–Trinajstić information content (AvgIpc) is 3.79. The number of carbonyl (C=O) groups is 4. The number of nitrogens with one attached hydrogen (secondary N) is 2. The van der Waals surface area contributed by atoms with Gasteiger partial charge in [-0.1, -0.05) is 93.0 Å². The molecule has 0 spiro atoms. The largest absolute Gasteiger partial charge is 0.481 e. The van der Waals surface area contributed by atoms with E-state index in [9.17, 15) is 24.3 Å². The van der Waals surface area contributed by atoms with Gasteiger partial charge in [0, 0.05) is 19.5 Å². The molecule has 0 aromatic heterocycles. The van der Waals surface area contributed by atoms with Crippen molar-refractivity contribution in [2.75, 3.05) is 6.54 Å². The number of rotatable bonds is 9. The molecule has 3 saturated carbocycles. The summed E-state index contributed by atoms with van der Waals surface area (Å²) in [5.41, 5.74) is 0.294. The molecule has 3 N–H and O–H groups in total. The van der Waals surface area contributed by atoms with E-state index in [1.165, 1.54) is 4.90 Å². The predicted molar refractivity (Wildman–Crippen MR) is 200 cm³/mol. The lowest BCUT2D eigenvalue weighted by atomic mass is 9.43. The molecule has 1 unspecified atom stereocenters. The van der Waals surface area contributed by atoms with E-state index in [1.54, 1.807) is 25.7 Å². The van der Waals surface area contributed by atoms with E-state index in [2.05, 4.69) is 31.4 Å². The lowest BCUT2D eigenvalue weighted by Gasteiger charge is -2.64. The van der Waals surface area contributed by atoms with Crippen LogP contribution in [0.5, 0.6) is 0 Å². The maximum absolute atomic E-state index is 14.6. The number of nitrogens with zero attached hydrogens (tertiary/aromatic N) is 2. The Kier molecular flexibility index (Phi) is 10.6. The zero-order valence-electron chi connectivity index (χ0n) is 33.4. The number of likely N-dealkylation sites (tertiary alicyclic amines) is 1. The highest BCUT2D eigenvalue weighted by Crippen LogP contribution is 2.65. The predicted octanol–water partition coefficient (Wildman–Crippen LogP) is 4.60. The summed E-state index contributed by atoms with van der Waals surface area (Å²) in [6.45, 7) is 20.3. The molecule has 4 amide bonds. The molecule has 3 aliphatic carbocycles. The number of amides is 4. The van der Waals surface area contributed by atoms with Crippen LogP contribution in [0.15, 0.2) is 24.3 Å². The molecular formula is C40H61BN4O8. The summed E-state index contributed by atoms with van der Waals surface area (Å²) >= 11 is 0. The fourth-order valence-corrected chi connectivity index (χ4v) is 9.42. The van der Waals surface area contributed by atoms with Crippen LogP contribution in [0, 0.1) is 28.1 Å². The summed E-state index contributed by atoms with van der Waals surface area (Å²) in [4.78, 5) is 58.8. The van der Waals surface area contributed by atoms with Crippen LogP contribution in [0.3, 0.4) is 0 Å². The Labute approximate surface area is 315 Å². The standard InChI is InChI=1S/C40H61BN4O8/c1-11-14-30(41-52-29-18-25-17-28(39(25,8)9)40(29,10)53-41)42-33(47)27-19-26(51-36(50)44-20-23-15-12-13-16-24(23)21-44)22-45(27)35(49)31(37(2,3)4)43-34(48)32(46)38(5,6)7/h12-13,15-16,25-32,46H,11,14,17-22H2,1-10H3,(H,42,47)(H,43,48)/t25-,26-,27+,28-,29-,30+,31-,32?,40+/m1/s1. The van der Waals surface area contributed by atoms with Crippen LogP contribution in [0.1, 0.15) is 112 Å². The summed E-state index contributed by atoms with van der Waals surface area (Å²) in [5.74, 6) is -1.06. The molecule has 1 aromatic rings. The van der Waals surface area contributed by atoms with Crippen LogP contribution in [0.4, 0.5) is 4.79 Å². The van der Waals surface area contributed by atoms with E-state index in [4.69, 9.17) is 14.0 Å².